The van der Waals surface area contributed by atoms with Crippen molar-refractivity contribution in [2.75, 3.05) is 18.6 Å². The predicted molar refractivity (Wildman–Crippen MR) is 97.1 cm³/mol. The van der Waals surface area contributed by atoms with Crippen molar-refractivity contribution < 1.29 is 13.9 Å². The first-order valence-electron chi connectivity index (χ1n) is 8.25. The van der Waals surface area contributed by atoms with E-state index in [-0.39, 0.29) is 11.4 Å². The summed E-state index contributed by atoms with van der Waals surface area (Å²) in [6, 6.07) is 10.7. The number of rotatable bonds is 4. The lowest BCUT2D eigenvalue weighted by Gasteiger charge is -2.21. The molecule has 1 aromatic heterocycles. The Morgan fingerprint density at radius 3 is 2.59 bits per heavy atom. The van der Waals surface area contributed by atoms with Crippen LogP contribution in [0.4, 0.5) is 14.9 Å². The summed E-state index contributed by atoms with van der Waals surface area (Å²) in [5.74, 6) is -0.620. The standard InChI is InChI=1S/C18H18FN5O3/c1-4-22(14-10-6-5-8-12(14)2)17(25)24-18(26)23(20-21-24)16-13(19)9-7-11-15(16)27-3/h5-11H,4H2,1-3H3. The molecule has 0 unspecified atom stereocenters. The highest BCUT2D eigenvalue weighted by Crippen LogP contribution is 2.23. The van der Waals surface area contributed by atoms with E-state index in [1.54, 1.807) is 19.1 Å². The first-order chi connectivity index (χ1) is 13.0. The maximum absolute atomic E-state index is 14.2. The number of hydrogen-bond acceptors (Lipinski definition) is 5. The maximum Gasteiger partial charge on any atom is 0.377 e. The summed E-state index contributed by atoms with van der Waals surface area (Å²) >= 11 is 0. The van der Waals surface area contributed by atoms with E-state index < -0.39 is 17.5 Å². The summed E-state index contributed by atoms with van der Waals surface area (Å²) in [5.41, 5.74) is 0.414. The second kappa shape index (κ2) is 7.40. The van der Waals surface area contributed by atoms with Gasteiger partial charge < -0.3 is 4.74 Å². The van der Waals surface area contributed by atoms with Crippen LogP contribution in [-0.4, -0.2) is 39.5 Å². The van der Waals surface area contributed by atoms with Crippen LogP contribution in [0.2, 0.25) is 0 Å². The van der Waals surface area contributed by atoms with E-state index in [9.17, 15) is 14.0 Å². The van der Waals surface area contributed by atoms with E-state index in [0.717, 1.165) is 11.6 Å². The van der Waals surface area contributed by atoms with Gasteiger partial charge in [-0.25, -0.2) is 14.0 Å². The van der Waals surface area contributed by atoms with Gasteiger partial charge in [-0.3, -0.25) is 4.90 Å². The van der Waals surface area contributed by atoms with Crippen molar-refractivity contribution in [2.24, 2.45) is 0 Å². The third-order valence-electron chi connectivity index (χ3n) is 4.10. The number of nitrogens with zero attached hydrogens (tertiary/aromatic N) is 5. The minimum absolute atomic E-state index is 0.0999. The molecule has 27 heavy (non-hydrogen) atoms. The smallest absolute Gasteiger partial charge is 0.377 e. The number of aromatic nitrogens is 4. The fourth-order valence-corrected chi connectivity index (χ4v) is 2.76. The molecule has 0 aliphatic rings. The molecule has 9 heteroatoms. The molecule has 140 valence electrons. The highest BCUT2D eigenvalue weighted by atomic mass is 19.1. The lowest BCUT2D eigenvalue weighted by atomic mass is 10.2. The van der Waals surface area contributed by atoms with E-state index in [0.29, 0.717) is 21.6 Å². The topological polar surface area (TPSA) is 82.2 Å². The number of halogens is 1. The molecule has 2 aromatic carbocycles. The monoisotopic (exact) mass is 371 g/mol. The van der Waals surface area contributed by atoms with Crippen molar-refractivity contribution in [3.63, 3.8) is 0 Å². The first-order valence-corrected chi connectivity index (χ1v) is 8.25. The minimum atomic E-state index is -0.893. The normalized spacial score (nSPS) is 10.7. The number of ether oxygens (including phenoxy) is 1. The van der Waals surface area contributed by atoms with Crippen molar-refractivity contribution in [2.45, 2.75) is 13.8 Å². The van der Waals surface area contributed by atoms with Crippen molar-refractivity contribution in [3.8, 4) is 11.4 Å². The van der Waals surface area contributed by atoms with E-state index in [1.807, 2.05) is 19.1 Å². The quantitative estimate of drug-likeness (QED) is 0.658. The Bertz CT molecular complexity index is 1040. The average molecular weight is 371 g/mol. The summed E-state index contributed by atoms with van der Waals surface area (Å²) < 4.78 is 20.6. The Labute approximate surface area is 154 Å². The summed E-state index contributed by atoms with van der Waals surface area (Å²) in [6.07, 6.45) is 0. The van der Waals surface area contributed by atoms with E-state index >= 15 is 0 Å². The lowest BCUT2D eigenvalue weighted by molar-refractivity contribution is 0.244. The fourth-order valence-electron chi connectivity index (χ4n) is 2.76. The van der Waals surface area contributed by atoms with Gasteiger partial charge in [-0.15, -0.1) is 4.68 Å². The van der Waals surface area contributed by atoms with E-state index in [2.05, 4.69) is 10.4 Å². The zero-order valence-corrected chi connectivity index (χ0v) is 15.1. The molecule has 0 spiro atoms. The minimum Gasteiger partial charge on any atom is -0.494 e. The molecule has 0 N–H and O–H groups in total. The van der Waals surface area contributed by atoms with Crippen LogP contribution in [0.25, 0.3) is 5.69 Å². The molecule has 0 atom stereocenters. The molecular formula is C18H18FN5O3. The van der Waals surface area contributed by atoms with Crippen LogP contribution in [-0.2, 0) is 0 Å². The number of hydrogen-bond donors (Lipinski definition) is 0. The molecule has 8 nitrogen and oxygen atoms in total. The summed E-state index contributed by atoms with van der Waals surface area (Å²) in [7, 11) is 1.34. The first kappa shape index (κ1) is 18.3. The molecule has 3 aromatic rings. The number of anilines is 1. The summed E-state index contributed by atoms with van der Waals surface area (Å²) in [4.78, 5) is 27.0. The van der Waals surface area contributed by atoms with Crippen molar-refractivity contribution in [1.29, 1.82) is 0 Å². The van der Waals surface area contributed by atoms with E-state index in [1.165, 1.54) is 24.1 Å². The molecule has 0 fully saturated rings. The van der Waals surface area contributed by atoms with Gasteiger partial charge in [-0.2, -0.15) is 4.68 Å². The van der Waals surface area contributed by atoms with Crippen molar-refractivity contribution in [3.05, 3.63) is 64.3 Å². The van der Waals surface area contributed by atoms with Gasteiger partial charge in [0.15, 0.2) is 5.82 Å². The third-order valence-corrected chi connectivity index (χ3v) is 4.10. The largest absolute Gasteiger partial charge is 0.494 e. The molecule has 0 saturated heterocycles. The number of methoxy groups -OCH3 is 1. The Morgan fingerprint density at radius 2 is 1.93 bits per heavy atom. The summed E-state index contributed by atoms with van der Waals surface area (Å²) in [6.45, 7) is 3.95. The Kier molecular flexibility index (Phi) is 5.02. The van der Waals surface area contributed by atoms with Gasteiger partial charge >= 0.3 is 11.7 Å². The summed E-state index contributed by atoms with van der Waals surface area (Å²) in [5, 5.41) is 7.30. The molecule has 1 amide bonds. The van der Waals surface area contributed by atoms with Crippen LogP contribution in [0.3, 0.4) is 0 Å². The molecule has 0 aliphatic carbocycles. The lowest BCUT2D eigenvalue weighted by Crippen LogP contribution is -2.41. The molecule has 0 bridgehead atoms. The van der Waals surface area contributed by atoms with Crippen LogP contribution in [0.5, 0.6) is 5.75 Å². The Morgan fingerprint density at radius 1 is 1.19 bits per heavy atom. The second-order valence-electron chi connectivity index (χ2n) is 5.69. The van der Waals surface area contributed by atoms with Crippen LogP contribution >= 0.6 is 0 Å². The van der Waals surface area contributed by atoms with Crippen LogP contribution < -0.4 is 15.3 Å². The van der Waals surface area contributed by atoms with Gasteiger partial charge in [-0.1, -0.05) is 24.3 Å². The van der Waals surface area contributed by atoms with Gasteiger partial charge in [0.25, 0.3) is 0 Å². The van der Waals surface area contributed by atoms with E-state index in [4.69, 9.17) is 4.74 Å². The number of amides is 1. The van der Waals surface area contributed by atoms with Crippen LogP contribution in [0.1, 0.15) is 12.5 Å². The van der Waals surface area contributed by atoms with Gasteiger partial charge in [0, 0.05) is 12.2 Å². The highest BCUT2D eigenvalue weighted by molar-refractivity contribution is 5.93. The molecule has 0 radical (unpaired) electrons. The van der Waals surface area contributed by atoms with Crippen LogP contribution in [0.15, 0.2) is 47.3 Å². The zero-order valence-electron chi connectivity index (χ0n) is 15.1. The third kappa shape index (κ3) is 3.19. The number of benzene rings is 2. The molecule has 0 saturated carbocycles. The van der Waals surface area contributed by atoms with Gasteiger partial charge in [0.05, 0.1) is 7.11 Å². The maximum atomic E-state index is 14.2. The number of para-hydroxylation sites is 2. The Hall–Kier alpha value is -3.49. The SMILES string of the molecule is CCN(C(=O)n1nnn(-c2c(F)cccc2OC)c1=O)c1ccccc1C. The number of carbonyl (C=O) groups is 1. The Balaban J connectivity index is 2.07. The fraction of sp³-hybridized carbons (Fsp3) is 0.222. The van der Waals surface area contributed by atoms with Gasteiger partial charge in [0.2, 0.25) is 0 Å². The number of aryl methyl sites for hydroxylation is 1. The second-order valence-corrected chi connectivity index (χ2v) is 5.69. The van der Waals surface area contributed by atoms with Crippen LogP contribution in [0, 0.1) is 12.7 Å². The number of tetrazole rings is 1. The number of carbonyl (C=O) groups excluding carboxylic acids is 1. The van der Waals surface area contributed by atoms with Crippen molar-refractivity contribution >= 4 is 11.7 Å². The van der Waals surface area contributed by atoms with Crippen molar-refractivity contribution in [1.82, 2.24) is 19.8 Å². The van der Waals surface area contributed by atoms with Gasteiger partial charge in [-0.05, 0) is 48.0 Å². The molecular weight excluding hydrogens is 353 g/mol. The van der Waals surface area contributed by atoms with Gasteiger partial charge in [0.1, 0.15) is 11.4 Å². The zero-order chi connectivity index (χ0) is 19.6. The molecule has 1 heterocycles. The average Bonchev–Trinajstić information content (AvgIpc) is 3.04. The predicted octanol–water partition coefficient (Wildman–Crippen LogP) is 2.38. The molecule has 3 rings (SSSR count). The molecule has 0 aliphatic heterocycles. The highest BCUT2D eigenvalue weighted by Gasteiger charge is 2.25.